The number of rotatable bonds is 2. The van der Waals surface area contributed by atoms with Crippen LogP contribution in [0.3, 0.4) is 0 Å². The van der Waals surface area contributed by atoms with Crippen LogP contribution in [0.25, 0.3) is 0 Å². The molecule has 1 aliphatic heterocycles. The number of urea groups is 1. The quantitative estimate of drug-likeness (QED) is 0.772. The van der Waals surface area contributed by atoms with Crippen LogP contribution in [0.4, 0.5) is 4.79 Å². The lowest BCUT2D eigenvalue weighted by Gasteiger charge is -2.35. The number of aromatic nitrogens is 2. The number of nitrogens with zero attached hydrogens (tertiary/aromatic N) is 2. The van der Waals surface area contributed by atoms with Crippen LogP contribution in [-0.2, 0) is 4.74 Å². The number of carbonyl (C=O) groups excluding carboxylic acids is 1. The summed E-state index contributed by atoms with van der Waals surface area (Å²) in [5.74, 6) is 2.40. The van der Waals surface area contributed by atoms with Crippen LogP contribution in [0.2, 0.25) is 0 Å². The van der Waals surface area contributed by atoms with Gasteiger partial charge in [0.15, 0.2) is 0 Å². The van der Waals surface area contributed by atoms with Crippen molar-refractivity contribution in [1.29, 1.82) is 0 Å². The molecule has 2 amide bonds. The van der Waals surface area contributed by atoms with Gasteiger partial charge in [-0.25, -0.2) is 4.79 Å². The number of H-pyrrole nitrogens is 1. The van der Waals surface area contributed by atoms with Crippen molar-refractivity contribution < 1.29 is 9.53 Å². The minimum atomic E-state index is -0.161. The van der Waals surface area contributed by atoms with E-state index in [1.54, 1.807) is 4.90 Å². The van der Waals surface area contributed by atoms with E-state index in [4.69, 9.17) is 11.2 Å². The predicted octanol–water partition coefficient (Wildman–Crippen LogP) is 0.743. The van der Waals surface area contributed by atoms with Gasteiger partial charge in [0.25, 0.3) is 0 Å². The number of hydrogen-bond donors (Lipinski definition) is 2. The molecule has 2 heterocycles. The molecule has 1 aromatic rings. The van der Waals surface area contributed by atoms with E-state index < -0.39 is 0 Å². The second kappa shape index (κ2) is 5.76. The Morgan fingerprint density at radius 3 is 3.11 bits per heavy atom. The molecule has 1 fully saturated rings. The van der Waals surface area contributed by atoms with Crippen LogP contribution in [0.5, 0.6) is 0 Å². The highest BCUT2D eigenvalue weighted by atomic mass is 16.5. The van der Waals surface area contributed by atoms with Gasteiger partial charge in [0.1, 0.15) is 0 Å². The van der Waals surface area contributed by atoms with E-state index in [2.05, 4.69) is 21.4 Å². The van der Waals surface area contributed by atoms with Crippen molar-refractivity contribution in [3.05, 3.63) is 17.0 Å². The SMILES string of the molecule is C#CCNC(=O)N1CCOC[C@@H]1c1c(C)n[nH]c1C. The molecule has 1 aromatic heterocycles. The van der Waals surface area contributed by atoms with Gasteiger partial charge in [-0.2, -0.15) is 5.10 Å². The van der Waals surface area contributed by atoms with Gasteiger partial charge in [-0.05, 0) is 13.8 Å². The number of morpholine rings is 1. The third-order valence-corrected chi connectivity index (χ3v) is 3.25. The third kappa shape index (κ3) is 2.71. The van der Waals surface area contributed by atoms with Crippen molar-refractivity contribution in [3.63, 3.8) is 0 Å². The average Bonchev–Trinajstić information content (AvgIpc) is 2.75. The average molecular weight is 262 g/mol. The zero-order chi connectivity index (χ0) is 13.8. The van der Waals surface area contributed by atoms with Crippen molar-refractivity contribution in [3.8, 4) is 12.3 Å². The fourth-order valence-corrected chi connectivity index (χ4v) is 2.36. The molecule has 0 aromatic carbocycles. The molecular weight excluding hydrogens is 244 g/mol. The van der Waals surface area contributed by atoms with Gasteiger partial charge in [-0.3, -0.25) is 5.10 Å². The number of ether oxygens (including phenoxy) is 1. The topological polar surface area (TPSA) is 70.2 Å². The Kier molecular flexibility index (Phi) is 4.07. The first-order valence-corrected chi connectivity index (χ1v) is 6.22. The molecule has 2 rings (SSSR count). The van der Waals surface area contributed by atoms with Gasteiger partial charge in [-0.1, -0.05) is 5.92 Å². The number of amides is 2. The second-order valence-corrected chi connectivity index (χ2v) is 4.49. The first kappa shape index (κ1) is 13.4. The maximum absolute atomic E-state index is 12.1. The lowest BCUT2D eigenvalue weighted by atomic mass is 10.0. The van der Waals surface area contributed by atoms with Crippen molar-refractivity contribution in [1.82, 2.24) is 20.4 Å². The highest BCUT2D eigenvalue weighted by Crippen LogP contribution is 2.28. The van der Waals surface area contributed by atoms with Gasteiger partial charge < -0.3 is 15.0 Å². The normalized spacial score (nSPS) is 19.0. The lowest BCUT2D eigenvalue weighted by molar-refractivity contribution is 0.0115. The van der Waals surface area contributed by atoms with Gasteiger partial charge in [0.2, 0.25) is 0 Å². The largest absolute Gasteiger partial charge is 0.377 e. The number of carbonyl (C=O) groups is 1. The summed E-state index contributed by atoms with van der Waals surface area (Å²) in [6, 6.07) is -0.281. The summed E-state index contributed by atoms with van der Waals surface area (Å²) in [7, 11) is 0. The number of hydrogen-bond acceptors (Lipinski definition) is 3. The van der Waals surface area contributed by atoms with E-state index in [-0.39, 0.29) is 18.6 Å². The van der Waals surface area contributed by atoms with Crippen LogP contribution in [0.15, 0.2) is 0 Å². The molecule has 2 N–H and O–H groups in total. The minimum Gasteiger partial charge on any atom is -0.377 e. The van der Waals surface area contributed by atoms with E-state index in [1.165, 1.54) is 0 Å². The van der Waals surface area contributed by atoms with Crippen LogP contribution >= 0.6 is 0 Å². The molecule has 1 saturated heterocycles. The van der Waals surface area contributed by atoms with E-state index >= 15 is 0 Å². The molecule has 0 unspecified atom stereocenters. The zero-order valence-corrected chi connectivity index (χ0v) is 11.2. The van der Waals surface area contributed by atoms with E-state index in [0.717, 1.165) is 17.0 Å². The highest BCUT2D eigenvalue weighted by Gasteiger charge is 2.31. The lowest BCUT2D eigenvalue weighted by Crippen LogP contribution is -2.48. The molecule has 102 valence electrons. The van der Waals surface area contributed by atoms with E-state index in [9.17, 15) is 4.79 Å². The van der Waals surface area contributed by atoms with E-state index in [0.29, 0.717) is 19.8 Å². The van der Waals surface area contributed by atoms with Crippen LogP contribution in [0.1, 0.15) is 23.0 Å². The minimum absolute atomic E-state index is 0.120. The maximum atomic E-state index is 12.1. The zero-order valence-electron chi connectivity index (χ0n) is 11.2. The summed E-state index contributed by atoms with van der Waals surface area (Å²) in [6.45, 7) is 5.66. The molecule has 6 nitrogen and oxygen atoms in total. The van der Waals surface area contributed by atoms with E-state index in [1.807, 2.05) is 13.8 Å². The smallest absolute Gasteiger partial charge is 0.318 e. The number of terminal acetylenes is 1. The Morgan fingerprint density at radius 2 is 2.47 bits per heavy atom. The highest BCUT2D eigenvalue weighted by molar-refractivity contribution is 5.75. The van der Waals surface area contributed by atoms with Crippen molar-refractivity contribution >= 4 is 6.03 Å². The Bertz CT molecular complexity index is 484. The Hall–Kier alpha value is -2.00. The molecule has 6 heteroatoms. The Morgan fingerprint density at radius 1 is 1.68 bits per heavy atom. The molecule has 1 aliphatic rings. The van der Waals surface area contributed by atoms with Gasteiger partial charge in [0.05, 0.1) is 31.5 Å². The van der Waals surface area contributed by atoms with Gasteiger partial charge >= 0.3 is 6.03 Å². The van der Waals surface area contributed by atoms with Crippen molar-refractivity contribution in [2.45, 2.75) is 19.9 Å². The summed E-state index contributed by atoms with van der Waals surface area (Å²) >= 11 is 0. The summed E-state index contributed by atoms with van der Waals surface area (Å²) in [4.78, 5) is 13.9. The number of aromatic amines is 1. The van der Waals surface area contributed by atoms with Gasteiger partial charge in [-0.15, -0.1) is 6.42 Å². The van der Waals surface area contributed by atoms with Crippen LogP contribution < -0.4 is 5.32 Å². The molecule has 1 atom stereocenters. The first-order chi connectivity index (χ1) is 9.15. The second-order valence-electron chi connectivity index (χ2n) is 4.49. The molecular formula is C13H18N4O2. The fourth-order valence-electron chi connectivity index (χ4n) is 2.36. The Balaban J connectivity index is 2.21. The Labute approximate surface area is 112 Å². The monoisotopic (exact) mass is 262 g/mol. The summed E-state index contributed by atoms with van der Waals surface area (Å²) in [6.07, 6.45) is 5.16. The third-order valence-electron chi connectivity index (χ3n) is 3.25. The fraction of sp³-hybridized carbons (Fsp3) is 0.538. The molecule has 0 aliphatic carbocycles. The molecule has 0 radical (unpaired) electrons. The van der Waals surface area contributed by atoms with Crippen molar-refractivity contribution in [2.75, 3.05) is 26.3 Å². The molecule has 19 heavy (non-hydrogen) atoms. The van der Waals surface area contributed by atoms with Crippen LogP contribution in [-0.4, -0.2) is 47.4 Å². The number of aryl methyl sites for hydroxylation is 2. The van der Waals surface area contributed by atoms with Crippen LogP contribution in [0, 0.1) is 26.2 Å². The predicted molar refractivity (Wildman–Crippen MR) is 70.6 cm³/mol. The van der Waals surface area contributed by atoms with Crippen molar-refractivity contribution in [2.24, 2.45) is 0 Å². The standard InChI is InChI=1S/C13H18N4O2/c1-4-5-14-13(18)17-6-7-19-8-11(17)12-9(2)15-16-10(12)3/h1,11H,5-8H2,2-3H3,(H,14,18)(H,15,16)/t11-/m1/s1. The number of nitrogens with one attached hydrogen (secondary N) is 2. The molecule has 0 spiro atoms. The molecule has 0 saturated carbocycles. The first-order valence-electron chi connectivity index (χ1n) is 6.22. The maximum Gasteiger partial charge on any atom is 0.318 e. The summed E-state index contributed by atoms with van der Waals surface area (Å²) in [5, 5.41) is 9.81. The van der Waals surface area contributed by atoms with Gasteiger partial charge in [0, 0.05) is 17.8 Å². The molecule has 0 bridgehead atoms. The summed E-state index contributed by atoms with van der Waals surface area (Å²) in [5.41, 5.74) is 2.88. The summed E-state index contributed by atoms with van der Waals surface area (Å²) < 4.78 is 5.50.